The number of rotatable bonds is 6. The number of esters is 1. The molecule has 1 amide bonds. The third-order valence-electron chi connectivity index (χ3n) is 2.79. The lowest BCUT2D eigenvalue weighted by molar-refractivity contribution is -0.153. The SMILES string of the molecule is CC(C)CCC(=O)O[C@@H](C)C(=O)Nc1ccc(Cl)cc1Cl. The largest absolute Gasteiger partial charge is 0.453 e. The van der Waals surface area contributed by atoms with Gasteiger partial charge in [-0.05, 0) is 37.5 Å². The predicted octanol–water partition coefficient (Wildman–Crippen LogP) is 4.30. The van der Waals surface area contributed by atoms with Crippen molar-refractivity contribution in [3.05, 3.63) is 28.2 Å². The molecule has 0 aromatic heterocycles. The van der Waals surface area contributed by atoms with Gasteiger partial charge in [-0.3, -0.25) is 9.59 Å². The molecule has 1 aromatic rings. The quantitative estimate of drug-likeness (QED) is 0.790. The number of carbonyl (C=O) groups excluding carboxylic acids is 2. The molecule has 116 valence electrons. The number of ether oxygens (including phenoxy) is 1. The number of hydrogen-bond acceptors (Lipinski definition) is 3. The normalized spacial score (nSPS) is 12.1. The third kappa shape index (κ3) is 6.36. The molecule has 0 spiro atoms. The minimum atomic E-state index is -0.878. The van der Waals surface area contributed by atoms with E-state index >= 15 is 0 Å². The Bertz CT molecular complexity index is 518. The van der Waals surface area contributed by atoms with E-state index in [1.54, 1.807) is 12.1 Å². The molecule has 1 aromatic carbocycles. The first-order valence-electron chi connectivity index (χ1n) is 6.75. The van der Waals surface area contributed by atoms with E-state index in [1.165, 1.54) is 13.0 Å². The zero-order valence-corrected chi connectivity index (χ0v) is 13.8. The molecule has 1 rings (SSSR count). The van der Waals surface area contributed by atoms with Gasteiger partial charge in [-0.1, -0.05) is 37.0 Å². The van der Waals surface area contributed by atoms with Crippen LogP contribution in [0, 0.1) is 5.92 Å². The standard InChI is InChI=1S/C15H19Cl2NO3/c1-9(2)4-7-14(19)21-10(3)15(20)18-13-6-5-11(16)8-12(13)17/h5-6,8-10H,4,7H2,1-3H3,(H,18,20)/t10-/m0/s1. The van der Waals surface area contributed by atoms with Crippen molar-refractivity contribution in [3.8, 4) is 0 Å². The van der Waals surface area contributed by atoms with Crippen LogP contribution in [-0.2, 0) is 14.3 Å². The molecule has 21 heavy (non-hydrogen) atoms. The molecule has 0 saturated heterocycles. The van der Waals surface area contributed by atoms with Crippen molar-refractivity contribution < 1.29 is 14.3 Å². The second-order valence-corrected chi connectivity index (χ2v) is 6.02. The molecule has 0 radical (unpaired) electrons. The lowest BCUT2D eigenvalue weighted by atomic mass is 10.1. The topological polar surface area (TPSA) is 55.4 Å². The number of hydrogen-bond donors (Lipinski definition) is 1. The lowest BCUT2D eigenvalue weighted by Gasteiger charge is -2.14. The number of anilines is 1. The van der Waals surface area contributed by atoms with Gasteiger partial charge in [0.2, 0.25) is 0 Å². The van der Waals surface area contributed by atoms with Crippen molar-refractivity contribution in [2.24, 2.45) is 5.92 Å². The van der Waals surface area contributed by atoms with Gasteiger partial charge >= 0.3 is 5.97 Å². The number of halogens is 2. The van der Waals surface area contributed by atoms with Gasteiger partial charge in [0.25, 0.3) is 5.91 Å². The summed E-state index contributed by atoms with van der Waals surface area (Å²) in [6.45, 7) is 5.56. The highest BCUT2D eigenvalue weighted by atomic mass is 35.5. The molecule has 4 nitrogen and oxygen atoms in total. The minimum Gasteiger partial charge on any atom is -0.453 e. The maximum absolute atomic E-state index is 11.9. The van der Waals surface area contributed by atoms with E-state index in [4.69, 9.17) is 27.9 Å². The third-order valence-corrected chi connectivity index (χ3v) is 3.34. The van der Waals surface area contributed by atoms with Crippen molar-refractivity contribution >= 4 is 40.8 Å². The van der Waals surface area contributed by atoms with Gasteiger partial charge in [-0.2, -0.15) is 0 Å². The van der Waals surface area contributed by atoms with Crippen molar-refractivity contribution in [2.45, 2.75) is 39.7 Å². The summed E-state index contributed by atoms with van der Waals surface area (Å²) >= 11 is 11.7. The van der Waals surface area contributed by atoms with Gasteiger partial charge in [-0.15, -0.1) is 0 Å². The summed E-state index contributed by atoms with van der Waals surface area (Å²) in [4.78, 5) is 23.5. The monoisotopic (exact) mass is 331 g/mol. The summed E-state index contributed by atoms with van der Waals surface area (Å²) in [5.74, 6) is -0.403. The van der Waals surface area contributed by atoms with Crippen LogP contribution in [0.3, 0.4) is 0 Å². The summed E-state index contributed by atoms with van der Waals surface area (Å²) < 4.78 is 5.08. The van der Waals surface area contributed by atoms with E-state index < -0.39 is 12.0 Å². The lowest BCUT2D eigenvalue weighted by Crippen LogP contribution is -2.30. The first-order chi connectivity index (χ1) is 9.79. The fourth-order valence-corrected chi connectivity index (χ4v) is 2.00. The Labute approximate surface area is 134 Å². The Balaban J connectivity index is 2.52. The van der Waals surface area contributed by atoms with E-state index in [2.05, 4.69) is 5.32 Å². The van der Waals surface area contributed by atoms with Gasteiger partial charge in [0.15, 0.2) is 6.10 Å². The molecular formula is C15H19Cl2NO3. The summed E-state index contributed by atoms with van der Waals surface area (Å²) in [5, 5.41) is 3.41. The Hall–Kier alpha value is -1.26. The summed E-state index contributed by atoms with van der Waals surface area (Å²) in [6.07, 6.45) is 0.157. The summed E-state index contributed by atoms with van der Waals surface area (Å²) in [7, 11) is 0. The first kappa shape index (κ1) is 17.8. The molecule has 0 aliphatic carbocycles. The zero-order chi connectivity index (χ0) is 16.0. The average Bonchev–Trinajstić information content (AvgIpc) is 2.39. The van der Waals surface area contributed by atoms with Crippen molar-refractivity contribution in [3.63, 3.8) is 0 Å². The molecule has 0 heterocycles. The number of benzene rings is 1. The van der Waals surface area contributed by atoms with Gasteiger partial charge in [-0.25, -0.2) is 0 Å². The molecule has 1 N–H and O–H groups in total. The van der Waals surface area contributed by atoms with Crippen LogP contribution in [0.2, 0.25) is 10.0 Å². The smallest absolute Gasteiger partial charge is 0.306 e. The Morgan fingerprint density at radius 2 is 1.90 bits per heavy atom. The molecule has 0 fully saturated rings. The van der Waals surface area contributed by atoms with Crippen LogP contribution >= 0.6 is 23.2 Å². The first-order valence-corrected chi connectivity index (χ1v) is 7.50. The molecule has 1 atom stereocenters. The van der Waals surface area contributed by atoms with Gasteiger partial charge in [0.05, 0.1) is 10.7 Å². The molecule has 6 heteroatoms. The fourth-order valence-electron chi connectivity index (χ4n) is 1.54. The highest BCUT2D eigenvalue weighted by Crippen LogP contribution is 2.25. The molecule has 0 saturated carbocycles. The van der Waals surface area contributed by atoms with E-state index in [-0.39, 0.29) is 5.97 Å². The van der Waals surface area contributed by atoms with E-state index in [0.29, 0.717) is 28.1 Å². The van der Waals surface area contributed by atoms with Crippen LogP contribution in [0.25, 0.3) is 0 Å². The van der Waals surface area contributed by atoms with Crippen molar-refractivity contribution in [1.29, 1.82) is 0 Å². The average molecular weight is 332 g/mol. The number of nitrogens with one attached hydrogen (secondary N) is 1. The van der Waals surface area contributed by atoms with Gasteiger partial charge in [0, 0.05) is 11.4 Å². The highest BCUT2D eigenvalue weighted by Gasteiger charge is 2.18. The van der Waals surface area contributed by atoms with Crippen molar-refractivity contribution in [2.75, 3.05) is 5.32 Å². The minimum absolute atomic E-state index is 0.303. The molecular weight excluding hydrogens is 313 g/mol. The number of amides is 1. The second kappa shape index (κ2) is 8.25. The fraction of sp³-hybridized carbons (Fsp3) is 0.467. The van der Waals surface area contributed by atoms with Gasteiger partial charge < -0.3 is 10.1 Å². The predicted molar refractivity (Wildman–Crippen MR) is 84.7 cm³/mol. The van der Waals surface area contributed by atoms with Crippen LogP contribution in [0.15, 0.2) is 18.2 Å². The zero-order valence-electron chi connectivity index (χ0n) is 12.3. The van der Waals surface area contributed by atoms with E-state index in [9.17, 15) is 9.59 Å². The van der Waals surface area contributed by atoms with E-state index in [0.717, 1.165) is 6.42 Å². The number of carbonyl (C=O) groups is 2. The van der Waals surface area contributed by atoms with Crippen LogP contribution in [-0.4, -0.2) is 18.0 Å². The Kier molecular flexibility index (Phi) is 6.99. The second-order valence-electron chi connectivity index (χ2n) is 5.18. The van der Waals surface area contributed by atoms with Gasteiger partial charge in [0.1, 0.15) is 0 Å². The van der Waals surface area contributed by atoms with Crippen LogP contribution in [0.1, 0.15) is 33.6 Å². The Morgan fingerprint density at radius 1 is 1.24 bits per heavy atom. The molecule has 0 bridgehead atoms. The van der Waals surface area contributed by atoms with Crippen LogP contribution < -0.4 is 5.32 Å². The molecule has 0 aliphatic rings. The maximum Gasteiger partial charge on any atom is 0.306 e. The van der Waals surface area contributed by atoms with E-state index in [1.807, 2.05) is 13.8 Å². The van der Waals surface area contributed by atoms with Crippen LogP contribution in [0.5, 0.6) is 0 Å². The highest BCUT2D eigenvalue weighted by molar-refractivity contribution is 6.36. The maximum atomic E-state index is 11.9. The molecule has 0 aliphatic heterocycles. The Morgan fingerprint density at radius 3 is 2.48 bits per heavy atom. The van der Waals surface area contributed by atoms with Crippen molar-refractivity contribution in [1.82, 2.24) is 0 Å². The van der Waals surface area contributed by atoms with Crippen LogP contribution in [0.4, 0.5) is 5.69 Å². The summed E-state index contributed by atoms with van der Waals surface area (Å²) in [5.41, 5.74) is 0.427. The molecule has 0 unspecified atom stereocenters. The summed E-state index contributed by atoms with van der Waals surface area (Å²) in [6, 6.07) is 4.73.